The van der Waals surface area contributed by atoms with E-state index in [9.17, 15) is 0 Å². The summed E-state index contributed by atoms with van der Waals surface area (Å²) >= 11 is -0.320. The number of allylic oxidation sites excluding steroid dienone is 4. The first kappa shape index (κ1) is 31.2. The molecule has 0 saturated heterocycles. The molecule has 5 aromatic carbocycles. The summed E-state index contributed by atoms with van der Waals surface area (Å²) in [5, 5.41) is 7.36. The van der Waals surface area contributed by atoms with Crippen LogP contribution >= 0.6 is 33.2 Å². The van der Waals surface area contributed by atoms with Crippen LogP contribution in [-0.4, -0.2) is 14.5 Å². The lowest BCUT2D eigenvalue weighted by molar-refractivity contribution is 0.692. The van der Waals surface area contributed by atoms with Gasteiger partial charge in [-0.25, -0.2) is 9.97 Å². The molecule has 0 fully saturated rings. The summed E-state index contributed by atoms with van der Waals surface area (Å²) in [6, 6.07) is 37.3. The molecular formula is C46H33I2N3. The first-order chi connectivity index (χ1) is 25.1. The molecule has 5 heteroatoms. The Balaban J connectivity index is 1.38. The van der Waals surface area contributed by atoms with Gasteiger partial charge in [0.25, 0.3) is 0 Å². The highest BCUT2D eigenvalue weighted by Gasteiger charge is 2.43. The fourth-order valence-corrected chi connectivity index (χ4v) is 21.2. The van der Waals surface area contributed by atoms with Crippen LogP contribution in [0, 0.1) is 21.8 Å². The van der Waals surface area contributed by atoms with Gasteiger partial charge in [0.15, 0.2) is 5.82 Å². The molecule has 2 unspecified atom stereocenters. The van der Waals surface area contributed by atoms with Crippen molar-refractivity contribution in [2.24, 2.45) is 5.92 Å². The summed E-state index contributed by atoms with van der Waals surface area (Å²) in [5.74, 6) is 4.58. The molecule has 3 nitrogen and oxygen atoms in total. The summed E-state index contributed by atoms with van der Waals surface area (Å²) in [4.78, 5) is 11.0. The third-order valence-corrected chi connectivity index (χ3v) is 22.1. The number of nitrogens with zero attached hydrogens (tertiary/aromatic N) is 3. The number of terminal acetylenes is 1. The number of para-hydroxylation sites is 2. The minimum Gasteiger partial charge on any atom is -0.294 e. The van der Waals surface area contributed by atoms with Crippen molar-refractivity contribution >= 4 is 83.5 Å². The zero-order valence-corrected chi connectivity index (χ0v) is 32.6. The summed E-state index contributed by atoms with van der Waals surface area (Å²) in [7, 11) is 0. The molecule has 7 aromatic rings. The summed E-state index contributed by atoms with van der Waals surface area (Å²) < 4.78 is 4.49. The first-order valence-electron chi connectivity index (χ1n) is 17.5. The standard InChI is InChI=1S/C46H33I2N3/c1-4-13-39-30(5-2)40-35-26-27(3)22-24-33(35)42-41-32-18-9-7-15-29(32)23-25-36(41)47-48-43(42)45(40)51(39)46-44(49-37-20-10-11-21-38(37)50-46)34-19-12-16-28-14-6-8-17-31(28)34/h1,5-25,27,42-43H,26H2,2-3H3/b30-5+,39-13+/t27-,42?,43?/m0/s1. The van der Waals surface area contributed by atoms with Crippen LogP contribution in [0.4, 0.5) is 0 Å². The molecule has 51 heavy (non-hydrogen) atoms. The van der Waals surface area contributed by atoms with Gasteiger partial charge in [-0.2, -0.15) is 0 Å². The Morgan fingerprint density at radius 3 is 2.37 bits per heavy atom. The molecule has 10 rings (SSSR count). The second kappa shape index (κ2) is 12.3. The monoisotopic (exact) mass is 881 g/mol. The number of aromatic nitrogens is 3. The molecule has 2 aliphatic carbocycles. The largest absolute Gasteiger partial charge is 0.294 e. The molecular weight excluding hydrogens is 848 g/mol. The minimum atomic E-state index is -0.185. The van der Waals surface area contributed by atoms with Gasteiger partial charge in [-0.05, 0) is 92.3 Å². The normalized spacial score (nSPS) is 20.0. The molecule has 1 aliphatic heterocycles. The number of benzene rings is 5. The van der Waals surface area contributed by atoms with Crippen LogP contribution in [0.2, 0.25) is 0 Å². The molecule has 0 N–H and O–H groups in total. The van der Waals surface area contributed by atoms with Gasteiger partial charge < -0.3 is 0 Å². The van der Waals surface area contributed by atoms with E-state index in [0.717, 1.165) is 39.9 Å². The second-order valence-electron chi connectivity index (χ2n) is 13.6. The fraction of sp³-hybridized carbons (Fsp3) is 0.130. The van der Waals surface area contributed by atoms with Crippen molar-refractivity contribution in [1.29, 1.82) is 0 Å². The quantitative estimate of drug-likeness (QED) is 0.0984. The molecule has 0 bridgehead atoms. The number of alkyl halides is 1. The number of rotatable bonds is 2. The lowest BCUT2D eigenvalue weighted by atomic mass is 9.72. The highest BCUT2D eigenvalue weighted by Crippen LogP contribution is 2.62. The van der Waals surface area contributed by atoms with Crippen LogP contribution in [0.15, 0.2) is 121 Å². The second-order valence-corrected chi connectivity index (χ2v) is 22.9. The summed E-state index contributed by atoms with van der Waals surface area (Å²) in [5.41, 5.74) is 11.1. The van der Waals surface area contributed by atoms with Crippen LogP contribution in [0.25, 0.3) is 67.4 Å². The average Bonchev–Trinajstić information content (AvgIpc) is 3.50. The van der Waals surface area contributed by atoms with Gasteiger partial charge in [0.05, 0.1) is 20.3 Å². The average molecular weight is 882 g/mol. The lowest BCUT2D eigenvalue weighted by Gasteiger charge is -2.39. The third kappa shape index (κ3) is 4.75. The van der Waals surface area contributed by atoms with E-state index in [0.29, 0.717) is 15.8 Å². The van der Waals surface area contributed by atoms with E-state index in [1.54, 1.807) is 9.13 Å². The maximum atomic E-state index is 6.23. The predicted molar refractivity (Wildman–Crippen MR) is 231 cm³/mol. The van der Waals surface area contributed by atoms with Gasteiger partial charge in [0.2, 0.25) is 0 Å². The van der Waals surface area contributed by atoms with Crippen LogP contribution in [0.3, 0.4) is 0 Å². The number of fused-ring (bicyclic) bond motifs is 11. The number of hydrogen-bond donors (Lipinski definition) is 0. The summed E-state index contributed by atoms with van der Waals surface area (Å²) in [6.07, 6.45) is 16.4. The maximum absolute atomic E-state index is 6.23. The Bertz CT molecular complexity index is 2900. The molecule has 0 spiro atoms. The highest BCUT2D eigenvalue weighted by molar-refractivity contribution is 14.8. The van der Waals surface area contributed by atoms with Crippen molar-refractivity contribution in [2.45, 2.75) is 30.1 Å². The van der Waals surface area contributed by atoms with Crippen molar-refractivity contribution in [3.8, 4) is 29.4 Å². The van der Waals surface area contributed by atoms with Crippen LogP contribution in [-0.2, 0) is 0 Å². The molecule has 246 valence electrons. The van der Waals surface area contributed by atoms with Gasteiger partial charge >= 0.3 is 0 Å². The van der Waals surface area contributed by atoms with Gasteiger partial charge in [-0.3, -0.25) is 4.57 Å². The summed E-state index contributed by atoms with van der Waals surface area (Å²) in [6.45, 7) is 4.52. The molecule has 3 atom stereocenters. The smallest absolute Gasteiger partial charge is 0.164 e. The SMILES string of the molecule is C#C/C=c1\c(=C/C)c2c(n1-c1nc3ccccc3nc1-c1cccc3ccccc13)C1I=Ic3ccc4ccccc4c3C1C1=C2C[C@@H](C)C=C1. The minimum absolute atomic E-state index is 0.135. The van der Waals surface area contributed by atoms with E-state index in [2.05, 4.69) is 146 Å². The van der Waals surface area contributed by atoms with Crippen LogP contribution in [0.1, 0.15) is 46.9 Å². The molecule has 0 saturated carbocycles. The molecule has 0 amide bonds. The van der Waals surface area contributed by atoms with E-state index >= 15 is 0 Å². The van der Waals surface area contributed by atoms with E-state index in [1.807, 2.05) is 6.08 Å². The number of hydrogen-bond acceptors (Lipinski definition) is 2. The van der Waals surface area contributed by atoms with Crippen molar-refractivity contribution in [1.82, 2.24) is 14.5 Å². The zero-order chi connectivity index (χ0) is 34.2. The molecule has 3 aliphatic rings. The Kier molecular flexibility index (Phi) is 7.54. The van der Waals surface area contributed by atoms with E-state index in [-0.39, 0.29) is 33.2 Å². The topological polar surface area (TPSA) is 30.7 Å². The number of halogens is 2. The maximum Gasteiger partial charge on any atom is 0.164 e. The zero-order valence-electron chi connectivity index (χ0n) is 28.2. The third-order valence-electron chi connectivity index (χ3n) is 10.7. The van der Waals surface area contributed by atoms with Gasteiger partial charge in [-0.1, -0.05) is 133 Å². The highest BCUT2D eigenvalue weighted by atomic mass is 128. The van der Waals surface area contributed by atoms with E-state index in [4.69, 9.17) is 16.4 Å². The predicted octanol–water partition coefficient (Wildman–Crippen LogP) is 10.8. The van der Waals surface area contributed by atoms with Crippen LogP contribution in [0.5, 0.6) is 0 Å². The molecule has 0 radical (unpaired) electrons. The van der Waals surface area contributed by atoms with E-state index in [1.165, 1.54) is 49.2 Å². The Hall–Kier alpha value is -4.52. The van der Waals surface area contributed by atoms with Crippen molar-refractivity contribution in [3.05, 3.63) is 152 Å². The van der Waals surface area contributed by atoms with Crippen molar-refractivity contribution in [2.75, 3.05) is 0 Å². The molecule has 3 heterocycles. The van der Waals surface area contributed by atoms with Gasteiger partial charge in [-0.15, -0.1) is 6.42 Å². The Labute approximate surface area is 312 Å². The Morgan fingerprint density at radius 1 is 0.843 bits per heavy atom. The first-order valence-corrected chi connectivity index (χ1v) is 26.1. The van der Waals surface area contributed by atoms with Crippen molar-refractivity contribution in [3.63, 3.8) is 0 Å². The van der Waals surface area contributed by atoms with Crippen molar-refractivity contribution < 1.29 is 0 Å². The van der Waals surface area contributed by atoms with E-state index < -0.39 is 0 Å². The lowest BCUT2D eigenvalue weighted by Crippen LogP contribution is -2.30. The van der Waals surface area contributed by atoms with Gasteiger partial charge in [0, 0.05) is 37.6 Å². The van der Waals surface area contributed by atoms with Crippen LogP contribution < -0.4 is 10.6 Å². The Morgan fingerprint density at radius 2 is 1.57 bits per heavy atom. The van der Waals surface area contributed by atoms with Gasteiger partial charge in [0.1, 0.15) is 5.69 Å². The molecule has 2 aromatic heterocycles. The fourth-order valence-electron chi connectivity index (χ4n) is 8.56.